The fraction of sp³-hybridized carbons (Fsp3) is 0.308. The summed E-state index contributed by atoms with van der Waals surface area (Å²) in [6.07, 6.45) is 1.66. The fourth-order valence-corrected chi connectivity index (χ4v) is 1.72. The van der Waals surface area contributed by atoms with Crippen LogP contribution in [-0.2, 0) is 21.1 Å². The van der Waals surface area contributed by atoms with Gasteiger partial charge in [0.05, 0.1) is 0 Å². The number of benzene rings is 1. The van der Waals surface area contributed by atoms with Crippen LogP contribution in [0.4, 0.5) is 5.69 Å². The number of rotatable bonds is 5. The maximum atomic E-state index is 5.28. The van der Waals surface area contributed by atoms with Crippen molar-refractivity contribution >= 4 is 29.2 Å². The summed E-state index contributed by atoms with van der Waals surface area (Å²) >= 11 is 4.66. The standard InChI is InChI=1S/C13H19N4S.W/c1-4-17(5-2)12-7-6-11(10(3)8-12)9-15-16-13(14)18;/h6-9H,3-5H2,1-2H3,(H3,14,16,18);/q-1;/b15-9+;. The molecule has 19 heavy (non-hydrogen) atoms. The Kier molecular flexibility index (Phi) is 8.44. The van der Waals surface area contributed by atoms with Gasteiger partial charge < -0.3 is 10.6 Å². The van der Waals surface area contributed by atoms with Gasteiger partial charge in [0, 0.05) is 34.2 Å². The van der Waals surface area contributed by atoms with Crippen LogP contribution in [-0.4, -0.2) is 24.4 Å². The Morgan fingerprint density at radius 3 is 2.58 bits per heavy atom. The molecule has 0 fully saturated rings. The molecule has 0 radical (unpaired) electrons. The van der Waals surface area contributed by atoms with Crippen LogP contribution in [0.3, 0.4) is 0 Å². The van der Waals surface area contributed by atoms with E-state index in [1.807, 2.05) is 6.07 Å². The molecule has 0 aromatic heterocycles. The van der Waals surface area contributed by atoms with E-state index >= 15 is 0 Å². The topological polar surface area (TPSA) is 53.6 Å². The quantitative estimate of drug-likeness (QED) is 0.314. The first-order valence-corrected chi connectivity index (χ1v) is 6.28. The second-order valence-corrected chi connectivity index (χ2v) is 4.23. The van der Waals surface area contributed by atoms with Gasteiger partial charge in [0.15, 0.2) is 5.11 Å². The molecular weight excluding hydrogens is 428 g/mol. The van der Waals surface area contributed by atoms with E-state index in [0.717, 1.165) is 24.2 Å². The summed E-state index contributed by atoms with van der Waals surface area (Å²) in [5.74, 6) is 0. The van der Waals surface area contributed by atoms with Crippen LogP contribution >= 0.6 is 12.2 Å². The summed E-state index contributed by atoms with van der Waals surface area (Å²) in [6, 6.07) is 6.10. The van der Waals surface area contributed by atoms with Gasteiger partial charge in [-0.15, -0.1) is 17.7 Å². The Hall–Kier alpha value is -1.06. The fourth-order valence-electron chi connectivity index (χ4n) is 1.67. The number of anilines is 1. The Balaban J connectivity index is 0.00000324. The number of nitrogens with one attached hydrogen (secondary N) is 1. The third kappa shape index (κ3) is 5.62. The molecule has 6 heteroatoms. The molecule has 0 unspecified atom stereocenters. The maximum absolute atomic E-state index is 5.28. The average Bonchev–Trinajstić information content (AvgIpc) is 2.33. The Labute approximate surface area is 134 Å². The average molecular weight is 447 g/mol. The molecule has 0 bridgehead atoms. The van der Waals surface area contributed by atoms with Gasteiger partial charge in [0.1, 0.15) is 0 Å². The van der Waals surface area contributed by atoms with E-state index in [9.17, 15) is 0 Å². The molecule has 0 heterocycles. The van der Waals surface area contributed by atoms with Crippen molar-refractivity contribution in [3.63, 3.8) is 0 Å². The van der Waals surface area contributed by atoms with Crippen LogP contribution in [0.2, 0.25) is 0 Å². The zero-order chi connectivity index (χ0) is 13.5. The molecular formula is C13H19N4SW-. The SMILES string of the molecule is [CH2-]c1cc(N(CC)CC)ccc1/C=N/NC(N)=S.[W]. The molecule has 0 amide bonds. The first kappa shape index (κ1) is 17.9. The molecule has 0 aliphatic carbocycles. The molecule has 4 nitrogen and oxygen atoms in total. The Morgan fingerprint density at radius 2 is 2.11 bits per heavy atom. The van der Waals surface area contributed by atoms with Gasteiger partial charge >= 0.3 is 0 Å². The largest absolute Gasteiger partial charge is 0.382 e. The third-order valence-corrected chi connectivity index (χ3v) is 2.72. The normalized spacial score (nSPS) is 10.0. The molecule has 104 valence electrons. The van der Waals surface area contributed by atoms with Crippen LogP contribution in [0.5, 0.6) is 0 Å². The van der Waals surface area contributed by atoms with E-state index < -0.39 is 0 Å². The van der Waals surface area contributed by atoms with E-state index in [4.69, 9.17) is 5.73 Å². The second-order valence-electron chi connectivity index (χ2n) is 3.79. The Morgan fingerprint density at radius 1 is 1.47 bits per heavy atom. The number of hydrogen-bond donors (Lipinski definition) is 2. The summed E-state index contributed by atoms with van der Waals surface area (Å²) in [4.78, 5) is 2.27. The third-order valence-electron chi connectivity index (χ3n) is 2.63. The summed E-state index contributed by atoms with van der Waals surface area (Å²) in [5, 5.41) is 4.07. The van der Waals surface area contributed by atoms with Gasteiger partial charge in [0.2, 0.25) is 0 Å². The van der Waals surface area contributed by atoms with E-state index in [1.165, 1.54) is 5.69 Å². The minimum Gasteiger partial charge on any atom is -0.382 e. The van der Waals surface area contributed by atoms with Crippen molar-refractivity contribution in [2.75, 3.05) is 18.0 Å². The van der Waals surface area contributed by atoms with Gasteiger partial charge in [-0.2, -0.15) is 17.6 Å². The molecule has 0 saturated heterocycles. The number of nitrogens with two attached hydrogens (primary N) is 1. The maximum Gasteiger partial charge on any atom is 0.184 e. The Bertz CT molecular complexity index is 444. The van der Waals surface area contributed by atoms with Gasteiger partial charge in [0.25, 0.3) is 0 Å². The molecule has 0 aliphatic heterocycles. The summed E-state index contributed by atoms with van der Waals surface area (Å²) in [7, 11) is 0. The van der Waals surface area contributed by atoms with Crippen molar-refractivity contribution in [1.82, 2.24) is 5.43 Å². The zero-order valence-electron chi connectivity index (χ0n) is 11.2. The summed E-state index contributed by atoms with van der Waals surface area (Å²) in [5.41, 5.74) is 10.8. The van der Waals surface area contributed by atoms with Crippen molar-refractivity contribution in [3.05, 3.63) is 36.2 Å². The molecule has 0 aliphatic rings. The van der Waals surface area contributed by atoms with Crippen LogP contribution in [0.15, 0.2) is 23.3 Å². The smallest absolute Gasteiger partial charge is 0.184 e. The van der Waals surface area contributed by atoms with E-state index in [1.54, 1.807) is 6.21 Å². The molecule has 1 rings (SSSR count). The minimum absolute atomic E-state index is 0. The summed E-state index contributed by atoms with van der Waals surface area (Å²) < 4.78 is 0. The van der Waals surface area contributed by atoms with Crippen molar-refractivity contribution in [2.45, 2.75) is 13.8 Å². The van der Waals surface area contributed by atoms with Crippen LogP contribution in [0.25, 0.3) is 0 Å². The first-order chi connectivity index (χ1) is 8.58. The van der Waals surface area contributed by atoms with E-state index in [0.29, 0.717) is 0 Å². The van der Waals surface area contributed by atoms with Crippen molar-refractivity contribution in [1.29, 1.82) is 0 Å². The molecule has 1 aromatic rings. The molecule has 1 aromatic carbocycles. The monoisotopic (exact) mass is 447 g/mol. The second kappa shape index (κ2) is 8.94. The van der Waals surface area contributed by atoms with Gasteiger partial charge in [-0.25, -0.2) is 0 Å². The predicted molar refractivity (Wildman–Crippen MR) is 82.0 cm³/mol. The zero-order valence-corrected chi connectivity index (χ0v) is 15.0. The van der Waals surface area contributed by atoms with Crippen molar-refractivity contribution in [2.24, 2.45) is 10.8 Å². The van der Waals surface area contributed by atoms with Gasteiger partial charge in [-0.1, -0.05) is 6.07 Å². The molecule has 0 spiro atoms. The molecule has 0 saturated carbocycles. The van der Waals surface area contributed by atoms with Crippen LogP contribution in [0.1, 0.15) is 25.0 Å². The van der Waals surface area contributed by atoms with Gasteiger partial charge in [-0.05, 0) is 38.0 Å². The van der Waals surface area contributed by atoms with Gasteiger partial charge in [-0.3, -0.25) is 5.43 Å². The van der Waals surface area contributed by atoms with Crippen LogP contribution in [0, 0.1) is 6.92 Å². The minimum atomic E-state index is 0. The van der Waals surface area contributed by atoms with Crippen molar-refractivity contribution in [3.8, 4) is 0 Å². The first-order valence-electron chi connectivity index (χ1n) is 5.88. The molecule has 3 N–H and O–H groups in total. The number of thiocarbonyl (C=S) groups is 1. The predicted octanol–water partition coefficient (Wildman–Crippen LogP) is 1.88. The number of hydrogen-bond acceptors (Lipinski definition) is 3. The molecule has 0 atom stereocenters. The number of nitrogens with zero attached hydrogens (tertiary/aromatic N) is 2. The summed E-state index contributed by atoms with van der Waals surface area (Å²) in [6.45, 7) is 10.2. The van der Waals surface area contributed by atoms with E-state index in [-0.39, 0.29) is 26.2 Å². The van der Waals surface area contributed by atoms with E-state index in [2.05, 4.69) is 60.5 Å². The number of hydrazone groups is 1. The van der Waals surface area contributed by atoms with Crippen LogP contribution < -0.4 is 16.1 Å². The van der Waals surface area contributed by atoms with Crippen molar-refractivity contribution < 1.29 is 21.1 Å².